The first-order valence-corrected chi connectivity index (χ1v) is 9.36. The number of rotatable bonds is 5. The average molecular weight is 408 g/mol. The molecule has 0 aliphatic carbocycles. The number of carbonyl (C=O) groups is 1. The minimum Gasteiger partial charge on any atom is -0.334 e. The molecule has 1 N–H and O–H groups in total. The number of hydrogen-bond donors (Lipinski definition) is 1. The van der Waals surface area contributed by atoms with E-state index in [2.05, 4.69) is 20.4 Å². The number of imidazole rings is 1. The lowest BCUT2D eigenvalue weighted by molar-refractivity contribution is -0.116. The van der Waals surface area contributed by atoms with Crippen molar-refractivity contribution in [2.45, 2.75) is 20.4 Å². The smallest absolute Gasteiger partial charge is 0.258 e. The summed E-state index contributed by atoms with van der Waals surface area (Å²) in [5.41, 5.74) is 3.18. The van der Waals surface area contributed by atoms with E-state index in [4.69, 9.17) is 16.1 Å². The zero-order chi connectivity index (χ0) is 20.4. The van der Waals surface area contributed by atoms with Crippen molar-refractivity contribution < 1.29 is 9.32 Å². The van der Waals surface area contributed by atoms with E-state index < -0.39 is 0 Å². The molecule has 0 bridgehead atoms. The Morgan fingerprint density at radius 2 is 1.93 bits per heavy atom. The summed E-state index contributed by atoms with van der Waals surface area (Å²) < 4.78 is 7.12. The van der Waals surface area contributed by atoms with Crippen molar-refractivity contribution in [1.29, 1.82) is 0 Å². The van der Waals surface area contributed by atoms with Crippen LogP contribution in [0.2, 0.25) is 5.02 Å². The van der Waals surface area contributed by atoms with Gasteiger partial charge >= 0.3 is 0 Å². The van der Waals surface area contributed by atoms with E-state index in [-0.39, 0.29) is 12.5 Å². The van der Waals surface area contributed by atoms with E-state index in [1.807, 2.05) is 38.1 Å². The quantitative estimate of drug-likeness (QED) is 0.526. The van der Waals surface area contributed by atoms with Gasteiger partial charge in [-0.2, -0.15) is 4.98 Å². The number of nitrogens with zero attached hydrogens (tertiary/aromatic N) is 4. The molecule has 4 rings (SSSR count). The van der Waals surface area contributed by atoms with Crippen molar-refractivity contribution in [3.8, 4) is 23.0 Å². The summed E-state index contributed by atoms with van der Waals surface area (Å²) in [6, 6.07) is 14.8. The molecule has 146 valence electrons. The predicted molar refractivity (Wildman–Crippen MR) is 111 cm³/mol. The third-order valence-electron chi connectivity index (χ3n) is 4.34. The summed E-state index contributed by atoms with van der Waals surface area (Å²) in [7, 11) is 0. The second-order valence-electron chi connectivity index (χ2n) is 6.65. The number of halogens is 1. The molecule has 0 fully saturated rings. The number of benzene rings is 2. The zero-order valence-corrected chi connectivity index (χ0v) is 16.6. The number of nitrogens with one attached hydrogen (secondary N) is 1. The lowest BCUT2D eigenvalue weighted by Gasteiger charge is -2.07. The molecule has 0 unspecified atom stereocenters. The fourth-order valence-electron chi connectivity index (χ4n) is 2.89. The maximum absolute atomic E-state index is 12.3. The van der Waals surface area contributed by atoms with Gasteiger partial charge in [0.05, 0.1) is 0 Å². The van der Waals surface area contributed by atoms with Crippen molar-refractivity contribution >= 4 is 23.2 Å². The summed E-state index contributed by atoms with van der Waals surface area (Å²) in [5.74, 6) is 1.30. The van der Waals surface area contributed by atoms with Crippen LogP contribution < -0.4 is 5.32 Å². The Bertz CT molecular complexity index is 1160. The third-order valence-corrected chi connectivity index (χ3v) is 4.59. The molecule has 0 atom stereocenters. The zero-order valence-electron chi connectivity index (χ0n) is 15.9. The summed E-state index contributed by atoms with van der Waals surface area (Å²) in [5, 5.41) is 7.47. The molecule has 0 radical (unpaired) electrons. The number of aromatic nitrogens is 4. The number of aryl methyl sites for hydroxylation is 2. The van der Waals surface area contributed by atoms with Crippen LogP contribution in [0.4, 0.5) is 5.69 Å². The van der Waals surface area contributed by atoms with Crippen LogP contribution in [0.1, 0.15) is 11.4 Å². The molecule has 7 nitrogen and oxygen atoms in total. The highest BCUT2D eigenvalue weighted by Crippen LogP contribution is 2.22. The van der Waals surface area contributed by atoms with Gasteiger partial charge in [0.15, 0.2) is 0 Å². The van der Waals surface area contributed by atoms with Gasteiger partial charge in [0.2, 0.25) is 11.7 Å². The lowest BCUT2D eigenvalue weighted by Crippen LogP contribution is -2.19. The topological polar surface area (TPSA) is 85.8 Å². The molecule has 8 heteroatoms. The lowest BCUT2D eigenvalue weighted by atomic mass is 10.1. The highest BCUT2D eigenvalue weighted by molar-refractivity contribution is 6.30. The Morgan fingerprint density at radius 3 is 2.69 bits per heavy atom. The fourth-order valence-corrected chi connectivity index (χ4v) is 3.01. The van der Waals surface area contributed by atoms with Crippen LogP contribution in [0.5, 0.6) is 0 Å². The molecule has 0 aliphatic heterocycles. The van der Waals surface area contributed by atoms with E-state index in [1.54, 1.807) is 35.0 Å². The van der Waals surface area contributed by atoms with Gasteiger partial charge in [-0.1, -0.05) is 34.5 Å². The first-order valence-electron chi connectivity index (χ1n) is 8.98. The van der Waals surface area contributed by atoms with Gasteiger partial charge in [-0.15, -0.1) is 0 Å². The maximum Gasteiger partial charge on any atom is 0.258 e. The van der Waals surface area contributed by atoms with Gasteiger partial charge in [-0.05, 0) is 50.2 Å². The molecule has 4 aromatic rings. The van der Waals surface area contributed by atoms with E-state index >= 15 is 0 Å². The highest BCUT2D eigenvalue weighted by atomic mass is 35.5. The summed E-state index contributed by atoms with van der Waals surface area (Å²) in [4.78, 5) is 21.2. The molecule has 2 aromatic heterocycles. The number of amides is 1. The first-order chi connectivity index (χ1) is 14.0. The molecular formula is C21H18ClN5O2. The van der Waals surface area contributed by atoms with Crippen LogP contribution >= 0.6 is 11.6 Å². The molecule has 0 saturated heterocycles. The molecule has 0 saturated carbocycles. The fraction of sp³-hybridized carbons (Fsp3) is 0.143. The van der Waals surface area contributed by atoms with Gasteiger partial charge in [0.1, 0.15) is 18.1 Å². The Labute approximate surface area is 172 Å². The van der Waals surface area contributed by atoms with Crippen LogP contribution in [-0.2, 0) is 11.3 Å². The maximum atomic E-state index is 12.3. The standard InChI is InChI=1S/C21H18ClN5O2/c1-13-4-3-5-15(10-13)21-25-20(26-29-21)18-11-27(14(2)23-18)12-19(28)24-17-8-6-16(22)7-9-17/h3-11H,12H2,1-2H3,(H,24,28). The number of hydrogen-bond acceptors (Lipinski definition) is 5. The Hall–Kier alpha value is -3.45. The predicted octanol–water partition coefficient (Wildman–Crippen LogP) is 4.51. The summed E-state index contributed by atoms with van der Waals surface area (Å²) in [6.07, 6.45) is 1.74. The van der Waals surface area contributed by atoms with Crippen LogP contribution in [-0.4, -0.2) is 25.6 Å². The normalized spacial score (nSPS) is 10.9. The molecule has 0 spiro atoms. The molecule has 1 amide bonds. The molecule has 0 aliphatic rings. The second kappa shape index (κ2) is 7.89. The van der Waals surface area contributed by atoms with Crippen molar-refractivity contribution in [1.82, 2.24) is 19.7 Å². The van der Waals surface area contributed by atoms with Crippen LogP contribution in [0.25, 0.3) is 23.0 Å². The Kier molecular flexibility index (Phi) is 5.14. The van der Waals surface area contributed by atoms with E-state index in [1.165, 1.54) is 0 Å². The van der Waals surface area contributed by atoms with Gasteiger partial charge < -0.3 is 14.4 Å². The Morgan fingerprint density at radius 1 is 1.14 bits per heavy atom. The number of carbonyl (C=O) groups excluding carboxylic acids is 1. The molecule has 29 heavy (non-hydrogen) atoms. The van der Waals surface area contributed by atoms with Gasteiger partial charge in [-0.25, -0.2) is 4.98 Å². The van der Waals surface area contributed by atoms with Crippen LogP contribution in [0, 0.1) is 13.8 Å². The Balaban J connectivity index is 1.49. The van der Waals surface area contributed by atoms with Gasteiger partial charge in [0, 0.05) is 22.5 Å². The van der Waals surface area contributed by atoms with E-state index in [0.29, 0.717) is 33.9 Å². The van der Waals surface area contributed by atoms with E-state index in [0.717, 1.165) is 11.1 Å². The third kappa shape index (κ3) is 4.35. The van der Waals surface area contributed by atoms with Crippen molar-refractivity contribution in [3.63, 3.8) is 0 Å². The van der Waals surface area contributed by atoms with Crippen molar-refractivity contribution in [3.05, 3.63) is 71.1 Å². The highest BCUT2D eigenvalue weighted by Gasteiger charge is 2.16. The molecular weight excluding hydrogens is 390 g/mol. The average Bonchev–Trinajstić information content (AvgIpc) is 3.31. The minimum atomic E-state index is -0.173. The minimum absolute atomic E-state index is 0.115. The van der Waals surface area contributed by atoms with Gasteiger partial charge in [0.25, 0.3) is 5.89 Å². The molecule has 2 aromatic carbocycles. The van der Waals surface area contributed by atoms with Crippen LogP contribution in [0.15, 0.2) is 59.3 Å². The SMILES string of the molecule is Cc1cccc(-c2nc(-c3cn(CC(=O)Nc4ccc(Cl)cc4)c(C)n3)no2)c1. The van der Waals surface area contributed by atoms with Crippen molar-refractivity contribution in [2.75, 3.05) is 5.32 Å². The monoisotopic (exact) mass is 407 g/mol. The van der Waals surface area contributed by atoms with Crippen molar-refractivity contribution in [2.24, 2.45) is 0 Å². The van der Waals surface area contributed by atoms with Gasteiger partial charge in [-0.3, -0.25) is 4.79 Å². The number of anilines is 1. The summed E-state index contributed by atoms with van der Waals surface area (Å²) in [6.45, 7) is 3.94. The largest absolute Gasteiger partial charge is 0.334 e. The summed E-state index contributed by atoms with van der Waals surface area (Å²) >= 11 is 5.86. The molecule has 2 heterocycles. The second-order valence-corrected chi connectivity index (χ2v) is 7.09. The van der Waals surface area contributed by atoms with E-state index in [9.17, 15) is 4.79 Å². The first kappa shape index (κ1) is 18.9. The van der Waals surface area contributed by atoms with Crippen LogP contribution in [0.3, 0.4) is 0 Å².